The van der Waals surface area contributed by atoms with Crippen molar-refractivity contribution in [3.05, 3.63) is 82.9 Å². The maximum atomic E-state index is 11.2. The van der Waals surface area contributed by atoms with Crippen LogP contribution in [0.1, 0.15) is 59.3 Å². The summed E-state index contributed by atoms with van der Waals surface area (Å²) >= 11 is 0. The van der Waals surface area contributed by atoms with Gasteiger partial charge in [0.15, 0.2) is 0 Å². The fraction of sp³-hybridized carbons (Fsp3) is 0.261. The average Bonchev–Trinajstić information content (AvgIpc) is 2.64. The van der Waals surface area contributed by atoms with Gasteiger partial charge in [0.05, 0.1) is 11.7 Å². The van der Waals surface area contributed by atoms with Gasteiger partial charge in [0, 0.05) is 5.92 Å². The Bertz CT molecular complexity index is 1000. The Morgan fingerprint density at radius 1 is 1.00 bits per heavy atom. The molecule has 4 rings (SSSR count). The van der Waals surface area contributed by atoms with Crippen molar-refractivity contribution in [1.82, 2.24) is 0 Å². The Balaban J connectivity index is 1.78. The van der Waals surface area contributed by atoms with Crippen molar-refractivity contribution in [3.8, 4) is 0 Å². The summed E-state index contributed by atoms with van der Waals surface area (Å²) in [6, 6.07) is 19.4. The Morgan fingerprint density at radius 3 is 2.46 bits per heavy atom. The van der Waals surface area contributed by atoms with Crippen molar-refractivity contribution in [1.29, 1.82) is 0 Å². The highest BCUT2D eigenvalue weighted by molar-refractivity contribution is 5.94. The maximum absolute atomic E-state index is 11.2. The number of hydrogen-bond acceptors (Lipinski definition) is 2. The summed E-state index contributed by atoms with van der Waals surface area (Å²) in [6.45, 7) is 4.45. The first-order valence-corrected chi connectivity index (χ1v) is 8.91. The predicted octanol–water partition coefficient (Wildman–Crippen LogP) is 5.04. The standard InChI is InChI=1S/C23H22O3/c1-23(2)13-19(21(24)18-5-3-4-6-20(18)23)16-9-7-15-12-17(22(25)26)10-8-14(15)11-16/h3-12,19,21,24H,13H2,1-2H3,(H,25,26). The largest absolute Gasteiger partial charge is 0.478 e. The molecule has 2 N–H and O–H groups in total. The topological polar surface area (TPSA) is 57.5 Å². The van der Waals surface area contributed by atoms with E-state index in [4.69, 9.17) is 5.11 Å². The molecule has 3 heteroatoms. The normalized spacial score (nSPS) is 21.3. The summed E-state index contributed by atoms with van der Waals surface area (Å²) in [6.07, 6.45) is 0.333. The Kier molecular flexibility index (Phi) is 3.85. The van der Waals surface area contributed by atoms with Crippen LogP contribution in [0.25, 0.3) is 10.8 Å². The zero-order valence-corrected chi connectivity index (χ0v) is 14.9. The summed E-state index contributed by atoms with van der Waals surface area (Å²) in [4.78, 5) is 11.2. The van der Waals surface area contributed by atoms with Gasteiger partial charge >= 0.3 is 5.97 Å². The molecule has 0 heterocycles. The van der Waals surface area contributed by atoms with E-state index in [2.05, 4.69) is 26.0 Å². The minimum atomic E-state index is -0.919. The molecule has 0 amide bonds. The lowest BCUT2D eigenvalue weighted by Crippen LogP contribution is -2.31. The molecule has 0 radical (unpaired) electrons. The first-order valence-electron chi connectivity index (χ1n) is 8.91. The number of hydrogen-bond donors (Lipinski definition) is 2. The first kappa shape index (κ1) is 16.8. The third kappa shape index (κ3) is 2.69. The zero-order valence-electron chi connectivity index (χ0n) is 14.9. The van der Waals surface area contributed by atoms with E-state index in [0.717, 1.165) is 28.3 Å². The summed E-state index contributed by atoms with van der Waals surface area (Å²) < 4.78 is 0. The number of aromatic carboxylic acids is 1. The Labute approximate surface area is 152 Å². The van der Waals surface area contributed by atoms with E-state index >= 15 is 0 Å². The second-order valence-electron chi connectivity index (χ2n) is 7.85. The van der Waals surface area contributed by atoms with Gasteiger partial charge in [-0.05, 0) is 51.4 Å². The second kappa shape index (κ2) is 5.96. The molecule has 0 aromatic heterocycles. The fourth-order valence-corrected chi connectivity index (χ4v) is 4.29. The number of benzene rings is 3. The van der Waals surface area contributed by atoms with Gasteiger partial charge in [0.25, 0.3) is 0 Å². The molecule has 0 saturated heterocycles. The monoisotopic (exact) mass is 346 g/mol. The smallest absolute Gasteiger partial charge is 0.335 e. The zero-order chi connectivity index (χ0) is 18.5. The van der Waals surface area contributed by atoms with Crippen LogP contribution < -0.4 is 0 Å². The SMILES string of the molecule is CC1(C)CC(c2ccc3cc(C(=O)O)ccc3c2)C(O)c2ccccc21. The van der Waals surface area contributed by atoms with Crippen molar-refractivity contribution in [2.24, 2.45) is 0 Å². The van der Waals surface area contributed by atoms with E-state index in [1.807, 2.05) is 36.4 Å². The molecular weight excluding hydrogens is 324 g/mol. The maximum Gasteiger partial charge on any atom is 0.335 e. The van der Waals surface area contributed by atoms with Crippen molar-refractivity contribution >= 4 is 16.7 Å². The average molecular weight is 346 g/mol. The Morgan fingerprint density at radius 2 is 1.69 bits per heavy atom. The van der Waals surface area contributed by atoms with Gasteiger partial charge in [-0.15, -0.1) is 0 Å². The van der Waals surface area contributed by atoms with E-state index in [-0.39, 0.29) is 16.9 Å². The number of aliphatic hydroxyl groups is 1. The van der Waals surface area contributed by atoms with Crippen LogP contribution in [0.5, 0.6) is 0 Å². The van der Waals surface area contributed by atoms with Crippen molar-refractivity contribution in [3.63, 3.8) is 0 Å². The number of fused-ring (bicyclic) bond motifs is 2. The molecule has 0 saturated carbocycles. The van der Waals surface area contributed by atoms with Gasteiger partial charge < -0.3 is 10.2 Å². The van der Waals surface area contributed by atoms with Crippen LogP contribution in [0, 0.1) is 0 Å². The fourth-order valence-electron chi connectivity index (χ4n) is 4.29. The van der Waals surface area contributed by atoms with Gasteiger partial charge in [-0.3, -0.25) is 0 Å². The molecule has 3 aromatic carbocycles. The van der Waals surface area contributed by atoms with Gasteiger partial charge in [-0.25, -0.2) is 4.79 Å². The lowest BCUT2D eigenvalue weighted by molar-refractivity contribution is 0.0697. The molecule has 0 bridgehead atoms. The van der Waals surface area contributed by atoms with E-state index in [1.165, 1.54) is 5.56 Å². The number of carbonyl (C=O) groups is 1. The second-order valence-corrected chi connectivity index (χ2v) is 7.85. The number of carboxylic acids is 1. The van der Waals surface area contributed by atoms with Crippen molar-refractivity contribution < 1.29 is 15.0 Å². The highest BCUT2D eigenvalue weighted by Gasteiger charge is 2.38. The lowest BCUT2D eigenvalue weighted by atomic mass is 9.65. The molecule has 1 aliphatic carbocycles. The summed E-state index contributed by atoms with van der Waals surface area (Å²) in [5, 5.41) is 22.1. The number of carboxylic acid groups (broad SMARTS) is 1. The van der Waals surface area contributed by atoms with Crippen LogP contribution in [-0.4, -0.2) is 16.2 Å². The predicted molar refractivity (Wildman–Crippen MR) is 103 cm³/mol. The highest BCUT2D eigenvalue weighted by Crippen LogP contribution is 2.49. The van der Waals surface area contributed by atoms with Crippen LogP contribution in [0.3, 0.4) is 0 Å². The van der Waals surface area contributed by atoms with Crippen LogP contribution in [0.2, 0.25) is 0 Å². The molecule has 3 aromatic rings. The quantitative estimate of drug-likeness (QED) is 0.684. The van der Waals surface area contributed by atoms with E-state index < -0.39 is 12.1 Å². The summed E-state index contributed by atoms with van der Waals surface area (Å²) in [5.74, 6) is -0.902. The molecule has 26 heavy (non-hydrogen) atoms. The van der Waals surface area contributed by atoms with Crippen LogP contribution in [0.4, 0.5) is 0 Å². The molecule has 2 atom stereocenters. The minimum absolute atomic E-state index is 0.0113. The molecule has 0 aliphatic heterocycles. The van der Waals surface area contributed by atoms with Gasteiger partial charge in [-0.2, -0.15) is 0 Å². The van der Waals surface area contributed by atoms with Crippen LogP contribution in [-0.2, 0) is 5.41 Å². The van der Waals surface area contributed by atoms with Crippen LogP contribution >= 0.6 is 0 Å². The summed E-state index contributed by atoms with van der Waals surface area (Å²) in [5.41, 5.74) is 3.60. The van der Waals surface area contributed by atoms with Gasteiger partial charge in [0.2, 0.25) is 0 Å². The third-order valence-corrected chi connectivity index (χ3v) is 5.66. The molecule has 0 fully saturated rings. The number of rotatable bonds is 2. The van der Waals surface area contributed by atoms with Crippen LogP contribution in [0.15, 0.2) is 60.7 Å². The van der Waals surface area contributed by atoms with Crippen molar-refractivity contribution in [2.45, 2.75) is 37.7 Å². The highest BCUT2D eigenvalue weighted by atomic mass is 16.4. The first-order chi connectivity index (χ1) is 12.4. The molecule has 2 unspecified atom stereocenters. The number of aliphatic hydroxyl groups excluding tert-OH is 1. The van der Waals surface area contributed by atoms with Gasteiger partial charge in [0.1, 0.15) is 0 Å². The summed E-state index contributed by atoms with van der Waals surface area (Å²) in [7, 11) is 0. The van der Waals surface area contributed by atoms with E-state index in [9.17, 15) is 9.90 Å². The van der Waals surface area contributed by atoms with Gasteiger partial charge in [-0.1, -0.05) is 62.4 Å². The molecule has 0 spiro atoms. The van der Waals surface area contributed by atoms with E-state index in [1.54, 1.807) is 12.1 Å². The lowest BCUT2D eigenvalue weighted by Gasteiger charge is -2.41. The third-order valence-electron chi connectivity index (χ3n) is 5.66. The molecule has 132 valence electrons. The molecule has 3 nitrogen and oxygen atoms in total. The van der Waals surface area contributed by atoms with E-state index in [0.29, 0.717) is 0 Å². The molecular formula is C23H22O3. The Hall–Kier alpha value is -2.65. The minimum Gasteiger partial charge on any atom is -0.478 e. The van der Waals surface area contributed by atoms with Crippen molar-refractivity contribution in [2.75, 3.05) is 0 Å². The molecule has 1 aliphatic rings.